The molecule has 0 saturated heterocycles. The van der Waals surface area contributed by atoms with Gasteiger partial charge in [0.05, 0.1) is 19.1 Å². The summed E-state index contributed by atoms with van der Waals surface area (Å²) in [7, 11) is 0. The molecule has 1 aliphatic rings. The van der Waals surface area contributed by atoms with E-state index in [9.17, 15) is 0 Å². The summed E-state index contributed by atoms with van der Waals surface area (Å²) in [5, 5.41) is 17.7. The fourth-order valence-corrected chi connectivity index (χ4v) is 1.14. The zero-order chi connectivity index (χ0) is 9.68. The lowest BCUT2D eigenvalue weighted by Crippen LogP contribution is -2.13. The van der Waals surface area contributed by atoms with E-state index in [0.29, 0.717) is 18.6 Å². The molecule has 0 spiro atoms. The van der Waals surface area contributed by atoms with Crippen LogP contribution >= 0.6 is 0 Å². The van der Waals surface area contributed by atoms with Gasteiger partial charge in [0.25, 0.3) is 5.71 Å². The molecule has 70 valence electrons. The van der Waals surface area contributed by atoms with Gasteiger partial charge in [-0.1, -0.05) is 12.2 Å². The second-order valence-electron chi connectivity index (χ2n) is 2.95. The second-order valence-corrected chi connectivity index (χ2v) is 2.95. The number of rotatable bonds is 3. The molecule has 13 heavy (non-hydrogen) atoms. The first-order valence-corrected chi connectivity index (χ1v) is 4.13. The van der Waals surface area contributed by atoms with Gasteiger partial charge >= 0.3 is 0 Å². The van der Waals surface area contributed by atoms with E-state index < -0.39 is 6.10 Å². The quantitative estimate of drug-likeness (QED) is 0.483. The smallest absolute Gasteiger partial charge is 0.295 e. The van der Waals surface area contributed by atoms with Gasteiger partial charge in [-0.05, 0) is 5.57 Å². The highest BCUT2D eigenvalue weighted by Crippen LogP contribution is 2.12. The Bertz CT molecular complexity index is 288. The van der Waals surface area contributed by atoms with Gasteiger partial charge in [-0.15, -0.1) is 0 Å². The summed E-state index contributed by atoms with van der Waals surface area (Å²) in [6, 6.07) is 0. The first-order valence-electron chi connectivity index (χ1n) is 4.13. The maximum Gasteiger partial charge on any atom is 0.295 e. The predicted molar refractivity (Wildman–Crippen MR) is 48.2 cm³/mol. The van der Waals surface area contributed by atoms with Crippen molar-refractivity contribution < 1.29 is 15.0 Å². The van der Waals surface area contributed by atoms with E-state index >= 15 is 0 Å². The van der Waals surface area contributed by atoms with Crippen molar-refractivity contribution in [3.05, 3.63) is 29.3 Å². The van der Waals surface area contributed by atoms with E-state index in [4.69, 9.17) is 15.7 Å². The Kier molecular flexibility index (Phi) is 3.58. The van der Waals surface area contributed by atoms with E-state index in [-0.39, 0.29) is 6.61 Å². The number of hydrogen-bond donors (Lipinski definition) is 2. The van der Waals surface area contributed by atoms with Crippen molar-refractivity contribution >= 4 is 5.71 Å². The van der Waals surface area contributed by atoms with Gasteiger partial charge in [0.15, 0.2) is 0 Å². The monoisotopic (exact) mass is 180 g/mol. The number of aliphatic hydroxyl groups is 2. The van der Waals surface area contributed by atoms with Crippen molar-refractivity contribution in [2.45, 2.75) is 18.9 Å². The van der Waals surface area contributed by atoms with Crippen LogP contribution in [0.5, 0.6) is 0 Å². The molecule has 2 N–H and O–H groups in total. The molecule has 1 unspecified atom stereocenters. The van der Waals surface area contributed by atoms with Crippen molar-refractivity contribution in [1.82, 2.24) is 0 Å². The van der Waals surface area contributed by atoms with Crippen LogP contribution in [0.15, 0.2) is 23.8 Å². The summed E-state index contributed by atoms with van der Waals surface area (Å²) in [5.41, 5.74) is 9.98. The van der Waals surface area contributed by atoms with Crippen LogP contribution < -0.4 is 0 Å². The molecule has 1 aliphatic carbocycles. The van der Waals surface area contributed by atoms with E-state index in [0.717, 1.165) is 5.57 Å². The van der Waals surface area contributed by atoms with Crippen LogP contribution in [0, 0.1) is 0 Å². The zero-order valence-corrected chi connectivity index (χ0v) is 7.22. The Morgan fingerprint density at radius 2 is 2.31 bits per heavy atom. The third-order valence-electron chi connectivity index (χ3n) is 1.87. The summed E-state index contributed by atoms with van der Waals surface area (Å²) < 4.78 is 0. The van der Waals surface area contributed by atoms with Crippen LogP contribution in [-0.4, -0.2) is 33.4 Å². The van der Waals surface area contributed by atoms with Gasteiger partial charge in [0, 0.05) is 12.5 Å². The van der Waals surface area contributed by atoms with Gasteiger partial charge in [-0.2, -0.15) is 4.79 Å². The number of allylic oxidation sites excluding steroid dienone is 3. The standard InChI is InChI=1S/C9H12N2O2/c10-11-8-3-1-7(2-4-8)5-9(13)6-12/h1-3,9,12-13H,4-6H2. The van der Waals surface area contributed by atoms with Crippen LogP contribution in [0.2, 0.25) is 0 Å². The van der Waals surface area contributed by atoms with Crippen molar-refractivity contribution in [3.63, 3.8) is 0 Å². The molecule has 0 amide bonds. The highest BCUT2D eigenvalue weighted by atomic mass is 16.3. The average Bonchev–Trinajstić information content (AvgIpc) is 2.19. The van der Waals surface area contributed by atoms with Gasteiger partial charge < -0.3 is 15.7 Å². The van der Waals surface area contributed by atoms with Gasteiger partial charge in [-0.3, -0.25) is 0 Å². The topological polar surface area (TPSA) is 76.9 Å². The molecule has 4 heteroatoms. The van der Waals surface area contributed by atoms with Crippen LogP contribution in [0.4, 0.5) is 0 Å². The minimum atomic E-state index is -0.705. The number of hydrogen-bond acceptors (Lipinski definition) is 2. The molecule has 0 bridgehead atoms. The first-order chi connectivity index (χ1) is 6.26. The molecule has 0 heterocycles. The minimum Gasteiger partial charge on any atom is -0.394 e. The largest absolute Gasteiger partial charge is 0.394 e. The van der Waals surface area contributed by atoms with Gasteiger partial charge in [0.1, 0.15) is 0 Å². The Labute approximate surface area is 76.4 Å². The maximum absolute atomic E-state index is 9.13. The Hall–Kier alpha value is -1.22. The lowest BCUT2D eigenvalue weighted by atomic mass is 10.0. The molecule has 1 atom stereocenters. The SMILES string of the molecule is [N-]=[N+]=C1C=CC(CC(O)CO)=CC1. The second kappa shape index (κ2) is 4.72. The summed E-state index contributed by atoms with van der Waals surface area (Å²) in [6.07, 6.45) is 5.64. The van der Waals surface area contributed by atoms with Gasteiger partial charge in [0.2, 0.25) is 0 Å². The third kappa shape index (κ3) is 2.95. The van der Waals surface area contributed by atoms with E-state index in [2.05, 4.69) is 4.79 Å². The molecule has 0 radical (unpaired) electrons. The summed E-state index contributed by atoms with van der Waals surface area (Å²) >= 11 is 0. The fraction of sp³-hybridized carbons (Fsp3) is 0.444. The van der Waals surface area contributed by atoms with Crippen LogP contribution in [0.3, 0.4) is 0 Å². The third-order valence-corrected chi connectivity index (χ3v) is 1.87. The Morgan fingerprint density at radius 3 is 2.77 bits per heavy atom. The number of aliphatic hydroxyl groups excluding tert-OH is 2. The molecule has 0 aromatic rings. The van der Waals surface area contributed by atoms with Crippen molar-refractivity contribution in [1.29, 1.82) is 0 Å². The maximum atomic E-state index is 9.13. The molecular formula is C9H12N2O2. The molecule has 0 aromatic carbocycles. The molecule has 0 aliphatic heterocycles. The lowest BCUT2D eigenvalue weighted by molar-refractivity contribution is -0.00544. The lowest BCUT2D eigenvalue weighted by Gasteiger charge is -2.08. The zero-order valence-electron chi connectivity index (χ0n) is 7.22. The predicted octanol–water partition coefficient (Wildman–Crippen LogP) is 0.287. The normalized spacial score (nSPS) is 18.0. The van der Waals surface area contributed by atoms with Crippen molar-refractivity contribution in [3.8, 4) is 0 Å². The summed E-state index contributed by atoms with van der Waals surface area (Å²) in [5.74, 6) is 0. The van der Waals surface area contributed by atoms with Crippen LogP contribution in [-0.2, 0) is 0 Å². The van der Waals surface area contributed by atoms with E-state index in [1.54, 1.807) is 12.2 Å². The van der Waals surface area contributed by atoms with Crippen molar-refractivity contribution in [2.24, 2.45) is 0 Å². The molecular weight excluding hydrogens is 168 g/mol. The van der Waals surface area contributed by atoms with Crippen LogP contribution in [0.25, 0.3) is 5.53 Å². The molecule has 0 saturated carbocycles. The van der Waals surface area contributed by atoms with Crippen LogP contribution in [0.1, 0.15) is 12.8 Å². The fourth-order valence-electron chi connectivity index (χ4n) is 1.14. The van der Waals surface area contributed by atoms with Gasteiger partial charge in [-0.25, -0.2) is 0 Å². The minimum absolute atomic E-state index is 0.230. The van der Waals surface area contributed by atoms with E-state index in [1.807, 2.05) is 6.08 Å². The Balaban J connectivity index is 2.53. The highest BCUT2D eigenvalue weighted by Gasteiger charge is 2.10. The summed E-state index contributed by atoms with van der Waals surface area (Å²) in [6.45, 7) is -0.230. The Morgan fingerprint density at radius 1 is 1.54 bits per heavy atom. The first kappa shape index (κ1) is 9.86. The number of nitrogens with zero attached hydrogens (tertiary/aromatic N) is 2. The van der Waals surface area contributed by atoms with Crippen molar-refractivity contribution in [2.75, 3.05) is 6.61 Å². The average molecular weight is 180 g/mol. The molecule has 1 rings (SSSR count). The summed E-state index contributed by atoms with van der Waals surface area (Å²) in [4.78, 5) is 3.05. The van der Waals surface area contributed by atoms with E-state index in [1.165, 1.54) is 0 Å². The molecule has 4 nitrogen and oxygen atoms in total. The highest BCUT2D eigenvalue weighted by molar-refractivity contribution is 5.93. The molecule has 0 aromatic heterocycles. The molecule has 0 fully saturated rings.